The molecule has 2 unspecified atom stereocenters. The molecule has 0 saturated heterocycles. The van der Waals surface area contributed by atoms with Crippen molar-refractivity contribution in [2.75, 3.05) is 13.1 Å². The highest BCUT2D eigenvalue weighted by atomic mass is 35.5. The molecule has 4 nitrogen and oxygen atoms in total. The third-order valence-corrected chi connectivity index (χ3v) is 5.40. The molecule has 0 bridgehead atoms. The van der Waals surface area contributed by atoms with Crippen LogP contribution in [0.2, 0.25) is 10.0 Å². The summed E-state index contributed by atoms with van der Waals surface area (Å²) in [5.74, 6) is 0.337. The van der Waals surface area contributed by atoms with Gasteiger partial charge < -0.3 is 10.6 Å². The number of nitrogens with one attached hydrogen (secondary N) is 2. The Morgan fingerprint density at radius 1 is 0.724 bits per heavy atom. The minimum absolute atomic E-state index is 0.0341. The Kier molecular flexibility index (Phi) is 9.49. The predicted octanol–water partition coefficient (Wildman–Crippen LogP) is 5.30. The molecule has 2 N–H and O–H groups in total. The smallest absolute Gasteiger partial charge is 0.220 e. The highest BCUT2D eigenvalue weighted by molar-refractivity contribution is 6.30. The summed E-state index contributed by atoms with van der Waals surface area (Å²) in [6.45, 7) is 5.23. The van der Waals surface area contributed by atoms with Crippen LogP contribution in [0, 0.1) is 0 Å². The SMILES string of the molecule is CC(CNC(=O)CCCC(=O)NCC(C)c1ccc(Cl)cc1)c1ccc(Cl)cc1. The second kappa shape index (κ2) is 11.8. The van der Waals surface area contributed by atoms with Crippen molar-refractivity contribution in [2.24, 2.45) is 0 Å². The van der Waals surface area contributed by atoms with E-state index in [1.54, 1.807) is 0 Å². The van der Waals surface area contributed by atoms with E-state index in [-0.39, 0.29) is 23.7 Å². The van der Waals surface area contributed by atoms with E-state index in [1.807, 2.05) is 48.5 Å². The molecule has 0 aliphatic carbocycles. The molecule has 0 fully saturated rings. The van der Waals surface area contributed by atoms with Gasteiger partial charge in [0.15, 0.2) is 0 Å². The third kappa shape index (κ3) is 8.46. The number of amides is 2. The van der Waals surface area contributed by atoms with Crippen LogP contribution < -0.4 is 10.6 Å². The molecule has 0 heterocycles. The quantitative estimate of drug-likeness (QED) is 0.532. The zero-order valence-corrected chi connectivity index (χ0v) is 18.4. The lowest BCUT2D eigenvalue weighted by Crippen LogP contribution is -2.29. The van der Waals surface area contributed by atoms with Gasteiger partial charge >= 0.3 is 0 Å². The topological polar surface area (TPSA) is 58.2 Å². The molecule has 0 aliphatic rings. The molecule has 0 radical (unpaired) electrons. The van der Waals surface area contributed by atoms with Crippen molar-refractivity contribution in [3.05, 3.63) is 69.7 Å². The van der Waals surface area contributed by atoms with Gasteiger partial charge in [-0.15, -0.1) is 0 Å². The Hall–Kier alpha value is -2.04. The lowest BCUT2D eigenvalue weighted by atomic mass is 10.0. The first-order chi connectivity index (χ1) is 13.8. The monoisotopic (exact) mass is 434 g/mol. The summed E-state index contributed by atoms with van der Waals surface area (Å²) in [7, 11) is 0. The second-order valence-electron chi connectivity index (χ2n) is 7.37. The number of carbonyl (C=O) groups is 2. The largest absolute Gasteiger partial charge is 0.356 e. The molecule has 2 aromatic carbocycles. The summed E-state index contributed by atoms with van der Waals surface area (Å²) < 4.78 is 0. The van der Waals surface area contributed by atoms with Crippen molar-refractivity contribution in [3.8, 4) is 0 Å². The predicted molar refractivity (Wildman–Crippen MR) is 120 cm³/mol. The minimum atomic E-state index is -0.0341. The normalized spacial score (nSPS) is 12.8. The van der Waals surface area contributed by atoms with Crippen LogP contribution in [0.25, 0.3) is 0 Å². The van der Waals surface area contributed by atoms with Crippen LogP contribution in [0.1, 0.15) is 56.1 Å². The summed E-state index contributed by atoms with van der Waals surface area (Å²) in [6, 6.07) is 15.3. The van der Waals surface area contributed by atoms with Gasteiger partial charge in [-0.1, -0.05) is 61.3 Å². The van der Waals surface area contributed by atoms with Crippen molar-refractivity contribution in [3.63, 3.8) is 0 Å². The second-order valence-corrected chi connectivity index (χ2v) is 8.24. The van der Waals surface area contributed by atoms with Crippen molar-refractivity contribution < 1.29 is 9.59 Å². The van der Waals surface area contributed by atoms with Gasteiger partial charge in [0.05, 0.1) is 0 Å². The van der Waals surface area contributed by atoms with Crippen LogP contribution in [0.4, 0.5) is 0 Å². The molecule has 0 saturated carbocycles. The Labute approximate surface area is 183 Å². The number of hydrogen-bond donors (Lipinski definition) is 2. The van der Waals surface area contributed by atoms with Crippen molar-refractivity contribution in [2.45, 2.75) is 44.9 Å². The molecule has 29 heavy (non-hydrogen) atoms. The molecule has 0 aromatic heterocycles. The fourth-order valence-electron chi connectivity index (χ4n) is 2.94. The van der Waals surface area contributed by atoms with E-state index in [0.717, 1.165) is 11.1 Å². The zero-order chi connectivity index (χ0) is 21.2. The highest BCUT2D eigenvalue weighted by Gasteiger charge is 2.10. The Morgan fingerprint density at radius 2 is 1.07 bits per heavy atom. The Balaban J connectivity index is 1.60. The summed E-state index contributed by atoms with van der Waals surface area (Å²) >= 11 is 11.8. The third-order valence-electron chi connectivity index (χ3n) is 4.90. The van der Waals surface area contributed by atoms with E-state index >= 15 is 0 Å². The molecule has 156 valence electrons. The average Bonchev–Trinajstić information content (AvgIpc) is 2.71. The van der Waals surface area contributed by atoms with E-state index in [1.165, 1.54) is 0 Å². The van der Waals surface area contributed by atoms with Crippen LogP contribution >= 0.6 is 23.2 Å². The van der Waals surface area contributed by atoms with Crippen molar-refractivity contribution in [1.82, 2.24) is 10.6 Å². The molecule has 2 atom stereocenters. The molecular weight excluding hydrogens is 407 g/mol. The first-order valence-electron chi connectivity index (χ1n) is 9.89. The number of rotatable bonds is 10. The maximum absolute atomic E-state index is 12.0. The van der Waals surface area contributed by atoms with Crippen molar-refractivity contribution >= 4 is 35.0 Å². The lowest BCUT2D eigenvalue weighted by molar-refractivity contribution is -0.122. The molecule has 0 aliphatic heterocycles. The number of carbonyl (C=O) groups excluding carboxylic acids is 2. The van der Waals surface area contributed by atoms with Gasteiger partial charge in [-0.25, -0.2) is 0 Å². The average molecular weight is 435 g/mol. The fourth-order valence-corrected chi connectivity index (χ4v) is 3.19. The van der Waals surface area contributed by atoms with Gasteiger partial charge in [-0.3, -0.25) is 9.59 Å². The summed E-state index contributed by atoms with van der Waals surface area (Å²) in [6.07, 6.45) is 1.21. The van der Waals surface area contributed by atoms with Gasteiger partial charge in [-0.2, -0.15) is 0 Å². The van der Waals surface area contributed by atoms with Crippen LogP contribution in [0.5, 0.6) is 0 Å². The summed E-state index contributed by atoms with van der Waals surface area (Å²) in [5, 5.41) is 7.26. The molecule has 2 rings (SSSR count). The number of halogens is 2. The standard InChI is InChI=1S/C23H28Cl2N2O2/c1-16(18-6-10-20(24)11-7-18)14-26-22(28)4-3-5-23(29)27-15-17(2)19-8-12-21(25)13-9-19/h6-13,16-17H,3-5,14-15H2,1-2H3,(H,26,28)(H,27,29). The minimum Gasteiger partial charge on any atom is -0.356 e. The first kappa shape index (κ1) is 23.2. The maximum atomic E-state index is 12.0. The summed E-state index contributed by atoms with van der Waals surface area (Å²) in [4.78, 5) is 24.0. The van der Waals surface area contributed by atoms with Gasteiger partial charge in [0.1, 0.15) is 0 Å². The highest BCUT2D eigenvalue weighted by Crippen LogP contribution is 2.18. The van der Waals surface area contributed by atoms with Crippen LogP contribution in [0.15, 0.2) is 48.5 Å². The van der Waals surface area contributed by atoms with Crippen LogP contribution in [-0.4, -0.2) is 24.9 Å². The van der Waals surface area contributed by atoms with E-state index in [9.17, 15) is 9.59 Å². The Bertz CT molecular complexity index is 724. The van der Waals surface area contributed by atoms with E-state index in [0.29, 0.717) is 42.4 Å². The first-order valence-corrected chi connectivity index (χ1v) is 10.6. The van der Waals surface area contributed by atoms with Gasteiger partial charge in [0, 0.05) is 36.0 Å². The fraction of sp³-hybridized carbons (Fsp3) is 0.391. The van der Waals surface area contributed by atoms with E-state index < -0.39 is 0 Å². The number of hydrogen-bond acceptors (Lipinski definition) is 2. The molecule has 6 heteroatoms. The van der Waals surface area contributed by atoms with E-state index in [2.05, 4.69) is 24.5 Å². The maximum Gasteiger partial charge on any atom is 0.220 e. The molecule has 2 amide bonds. The van der Waals surface area contributed by atoms with Gasteiger partial charge in [-0.05, 0) is 53.6 Å². The van der Waals surface area contributed by atoms with Crippen LogP contribution in [-0.2, 0) is 9.59 Å². The van der Waals surface area contributed by atoms with Crippen LogP contribution in [0.3, 0.4) is 0 Å². The summed E-state index contributed by atoms with van der Waals surface area (Å²) in [5.41, 5.74) is 2.26. The number of benzene rings is 2. The van der Waals surface area contributed by atoms with E-state index in [4.69, 9.17) is 23.2 Å². The van der Waals surface area contributed by atoms with Crippen molar-refractivity contribution in [1.29, 1.82) is 0 Å². The van der Waals surface area contributed by atoms with Gasteiger partial charge in [0.25, 0.3) is 0 Å². The zero-order valence-electron chi connectivity index (χ0n) is 16.9. The molecular formula is C23H28Cl2N2O2. The van der Waals surface area contributed by atoms with Gasteiger partial charge in [0.2, 0.25) is 11.8 Å². The lowest BCUT2D eigenvalue weighted by Gasteiger charge is -2.14. The Morgan fingerprint density at radius 3 is 1.41 bits per heavy atom. The molecule has 2 aromatic rings. The molecule has 0 spiro atoms.